The first kappa shape index (κ1) is 15.7. The summed E-state index contributed by atoms with van der Waals surface area (Å²) in [5.41, 5.74) is 0.0648. The molecule has 45 valence electrons. The second-order valence-electron chi connectivity index (χ2n) is 1.07. The summed E-state index contributed by atoms with van der Waals surface area (Å²) >= 11 is 0. The first-order valence-electron chi connectivity index (χ1n) is 1.51. The minimum Gasteiger partial charge on any atom is -1.00 e. The number of carboxylic acids is 1. The molecule has 0 N–H and O–H groups in total. The van der Waals surface area contributed by atoms with Crippen LogP contribution in [0, 0.1) is 0 Å². The van der Waals surface area contributed by atoms with E-state index in [2.05, 4.69) is 6.58 Å². The summed E-state index contributed by atoms with van der Waals surface area (Å²) in [5, 5.41) is 9.49. The number of hydrogen-bond donors (Lipinski definition) is 0. The molecule has 0 aromatic rings. The van der Waals surface area contributed by atoms with Crippen molar-refractivity contribution in [3.63, 3.8) is 0 Å². The van der Waals surface area contributed by atoms with Crippen molar-refractivity contribution in [2.45, 2.75) is 6.92 Å². The smallest absolute Gasteiger partial charge is 1.00 e. The van der Waals surface area contributed by atoms with Crippen molar-refractivity contribution in [1.82, 2.24) is 0 Å². The average Bonchev–Trinajstić information content (AvgIpc) is 1.36. The van der Waals surface area contributed by atoms with Crippen molar-refractivity contribution in [2.24, 2.45) is 0 Å². The topological polar surface area (TPSA) is 40.1 Å². The maximum Gasteiger partial charge on any atom is 3.00 e. The molecular weight excluding hydrogens is 167 g/mol. The molecule has 0 aliphatic rings. The van der Waals surface area contributed by atoms with Crippen LogP contribution in [-0.2, 0) is 22.2 Å². The Labute approximate surface area is 65.1 Å². The zero-order valence-electron chi connectivity index (χ0n) is 4.31. The molecule has 0 saturated carbocycles. The predicted octanol–water partition coefficient (Wildman–Crippen LogP) is -3.69. The molecule has 0 unspecified atom stereocenters. The van der Waals surface area contributed by atoms with Gasteiger partial charge in [0.2, 0.25) is 0 Å². The molecule has 0 rings (SSSR count). The van der Waals surface area contributed by atoms with Crippen LogP contribution < -0.4 is 17.5 Å². The van der Waals surface area contributed by atoms with E-state index in [-0.39, 0.29) is 35.3 Å². The zero-order valence-corrected chi connectivity index (χ0v) is 6.34. The third-order valence-corrected chi connectivity index (χ3v) is 0.348. The SMILES string of the molecule is C=C(C)C(=O)[O-].[Cl-].[Cr+3]. The number of carbonyl (C=O) groups is 1. The third kappa shape index (κ3) is 9.40. The second-order valence-corrected chi connectivity index (χ2v) is 1.07. The van der Waals surface area contributed by atoms with E-state index < -0.39 is 5.97 Å². The van der Waals surface area contributed by atoms with Crippen LogP contribution in [0.1, 0.15) is 6.92 Å². The van der Waals surface area contributed by atoms with Crippen molar-refractivity contribution >= 4 is 5.97 Å². The van der Waals surface area contributed by atoms with Gasteiger partial charge in [0.1, 0.15) is 0 Å². The fourth-order valence-corrected chi connectivity index (χ4v) is 0. The van der Waals surface area contributed by atoms with Crippen LogP contribution in [0.5, 0.6) is 0 Å². The average molecular weight is 173 g/mol. The van der Waals surface area contributed by atoms with Gasteiger partial charge in [0, 0.05) is 0 Å². The first-order chi connectivity index (χ1) is 2.64. The van der Waals surface area contributed by atoms with E-state index in [1.165, 1.54) is 6.92 Å². The zero-order chi connectivity index (χ0) is 5.15. The van der Waals surface area contributed by atoms with Crippen molar-refractivity contribution in [3.05, 3.63) is 12.2 Å². The number of rotatable bonds is 1. The first-order valence-corrected chi connectivity index (χ1v) is 1.51. The number of hydrogen-bond acceptors (Lipinski definition) is 2. The summed E-state index contributed by atoms with van der Waals surface area (Å²) in [5.74, 6) is -1.19. The monoisotopic (exact) mass is 172 g/mol. The molecular formula is C4H5ClCrO2+. The number of aliphatic carboxylic acids is 1. The summed E-state index contributed by atoms with van der Waals surface area (Å²) in [6.45, 7) is 4.48. The Balaban J connectivity index is -0.000000125. The standard InChI is InChI=1S/C4H6O2.ClH.Cr/c1-3(2)4(5)6;;/h1H2,2H3,(H,5,6);1H;/q;;+3/p-2. The Hall–Kier alpha value is 0.0325. The van der Waals surface area contributed by atoms with Gasteiger partial charge in [0.15, 0.2) is 0 Å². The van der Waals surface area contributed by atoms with Crippen LogP contribution in [-0.4, -0.2) is 5.97 Å². The van der Waals surface area contributed by atoms with Gasteiger partial charge in [-0.15, -0.1) is 0 Å². The molecule has 2 nitrogen and oxygen atoms in total. The normalized spacial score (nSPS) is 5.62. The van der Waals surface area contributed by atoms with Gasteiger partial charge in [0.25, 0.3) is 0 Å². The molecule has 0 atom stereocenters. The Morgan fingerprint density at radius 1 is 1.62 bits per heavy atom. The van der Waals surface area contributed by atoms with Gasteiger partial charge in [-0.3, -0.25) is 0 Å². The number of halogens is 1. The van der Waals surface area contributed by atoms with Gasteiger partial charge >= 0.3 is 17.4 Å². The molecule has 0 saturated heterocycles. The van der Waals surface area contributed by atoms with Crippen molar-refractivity contribution in [2.75, 3.05) is 0 Å². The fraction of sp³-hybridized carbons (Fsp3) is 0.250. The molecule has 8 heavy (non-hydrogen) atoms. The molecule has 0 fully saturated rings. The van der Waals surface area contributed by atoms with Crippen molar-refractivity contribution in [1.29, 1.82) is 0 Å². The summed E-state index contributed by atoms with van der Waals surface area (Å²) in [7, 11) is 0. The summed E-state index contributed by atoms with van der Waals surface area (Å²) in [4.78, 5) is 9.49. The molecule has 0 spiro atoms. The van der Waals surface area contributed by atoms with Crippen molar-refractivity contribution in [3.8, 4) is 0 Å². The maximum atomic E-state index is 9.49. The predicted molar refractivity (Wildman–Crippen MR) is 19.8 cm³/mol. The van der Waals surface area contributed by atoms with E-state index >= 15 is 0 Å². The van der Waals surface area contributed by atoms with Gasteiger partial charge < -0.3 is 22.3 Å². The summed E-state index contributed by atoms with van der Waals surface area (Å²) < 4.78 is 0. The molecule has 0 bridgehead atoms. The number of carbonyl (C=O) groups excluding carboxylic acids is 1. The largest absolute Gasteiger partial charge is 3.00 e. The van der Waals surface area contributed by atoms with E-state index in [4.69, 9.17) is 0 Å². The minimum absolute atomic E-state index is 0. The van der Waals surface area contributed by atoms with Crippen LogP contribution in [0.25, 0.3) is 0 Å². The van der Waals surface area contributed by atoms with E-state index in [9.17, 15) is 9.90 Å². The molecule has 0 aromatic carbocycles. The Bertz CT molecular complexity index is 80.0. The van der Waals surface area contributed by atoms with Crippen LogP contribution >= 0.6 is 0 Å². The Kier molecular flexibility index (Phi) is 13.8. The van der Waals surface area contributed by atoms with Crippen LogP contribution in [0.4, 0.5) is 0 Å². The van der Waals surface area contributed by atoms with Crippen molar-refractivity contribution < 1.29 is 39.7 Å². The quantitative estimate of drug-likeness (QED) is 0.382. The van der Waals surface area contributed by atoms with E-state index in [1.54, 1.807) is 0 Å². The van der Waals surface area contributed by atoms with Crippen LogP contribution in [0.15, 0.2) is 12.2 Å². The summed E-state index contributed by atoms with van der Waals surface area (Å²) in [6.07, 6.45) is 0. The molecule has 4 heteroatoms. The van der Waals surface area contributed by atoms with Crippen LogP contribution in [0.2, 0.25) is 0 Å². The molecule has 1 radical (unpaired) electrons. The van der Waals surface area contributed by atoms with Gasteiger partial charge in [-0.1, -0.05) is 6.58 Å². The maximum absolute atomic E-state index is 9.49. The molecule has 0 amide bonds. The van der Waals surface area contributed by atoms with Gasteiger partial charge in [0.05, 0.1) is 5.97 Å². The van der Waals surface area contributed by atoms with Crippen LogP contribution in [0.3, 0.4) is 0 Å². The molecule has 0 aliphatic heterocycles. The molecule has 0 aliphatic carbocycles. The van der Waals surface area contributed by atoms with E-state index in [0.717, 1.165) is 0 Å². The second kappa shape index (κ2) is 7.03. The number of carboxylic acid groups (broad SMARTS) is 1. The van der Waals surface area contributed by atoms with Gasteiger partial charge in [-0.05, 0) is 12.5 Å². The minimum atomic E-state index is -1.19. The fourth-order valence-electron chi connectivity index (χ4n) is 0. The van der Waals surface area contributed by atoms with Gasteiger partial charge in [-0.2, -0.15) is 0 Å². The summed E-state index contributed by atoms with van der Waals surface area (Å²) in [6, 6.07) is 0. The Morgan fingerprint density at radius 2 is 1.75 bits per heavy atom. The third-order valence-electron chi connectivity index (χ3n) is 0.348. The van der Waals surface area contributed by atoms with Gasteiger partial charge in [-0.25, -0.2) is 0 Å². The molecule has 0 aromatic heterocycles. The van der Waals surface area contributed by atoms with E-state index in [0.29, 0.717) is 0 Å². The Morgan fingerprint density at radius 3 is 1.75 bits per heavy atom. The molecule has 0 heterocycles. The van der Waals surface area contributed by atoms with E-state index in [1.807, 2.05) is 0 Å².